The van der Waals surface area contributed by atoms with Gasteiger partial charge in [-0.05, 0) is 63.8 Å². The number of nitrogens with one attached hydrogen (secondary N) is 1. The number of thiophene rings is 1. The number of benzene rings is 1. The molecule has 0 spiro atoms. The van der Waals surface area contributed by atoms with E-state index in [1.807, 2.05) is 6.92 Å². The van der Waals surface area contributed by atoms with Crippen LogP contribution in [0.1, 0.15) is 57.2 Å². The molecule has 4 rings (SSSR count). The molecule has 0 saturated carbocycles. The largest absolute Gasteiger partial charge is 0.462 e. The predicted octanol–water partition coefficient (Wildman–Crippen LogP) is 4.57. The molecule has 1 N–H and O–H groups in total. The van der Waals surface area contributed by atoms with Gasteiger partial charge in [0.15, 0.2) is 0 Å². The van der Waals surface area contributed by atoms with Gasteiger partial charge >= 0.3 is 11.9 Å². The first-order valence-corrected chi connectivity index (χ1v) is 12.9. The molecular formula is C24H25N3O5S2. The third-order valence-electron chi connectivity index (χ3n) is 5.22. The van der Waals surface area contributed by atoms with Gasteiger partial charge in [0.1, 0.15) is 15.7 Å². The number of fused-ring (bicyclic) bond motifs is 3. The lowest BCUT2D eigenvalue weighted by Gasteiger charge is -2.11. The number of rotatable bonds is 8. The van der Waals surface area contributed by atoms with E-state index in [0.29, 0.717) is 11.5 Å². The van der Waals surface area contributed by atoms with Crippen molar-refractivity contribution in [1.82, 2.24) is 9.97 Å². The monoisotopic (exact) mass is 499 g/mol. The average Bonchev–Trinajstić information content (AvgIpc) is 3.38. The second kappa shape index (κ2) is 10.5. The maximum absolute atomic E-state index is 12.8. The molecule has 0 fully saturated rings. The summed E-state index contributed by atoms with van der Waals surface area (Å²) in [7, 11) is 0. The van der Waals surface area contributed by atoms with Crippen LogP contribution < -0.4 is 5.32 Å². The Hall–Kier alpha value is -2.98. The van der Waals surface area contributed by atoms with E-state index in [4.69, 9.17) is 9.47 Å². The normalized spacial score (nSPS) is 12.4. The smallest absolute Gasteiger partial charge is 0.338 e. The highest BCUT2D eigenvalue weighted by Crippen LogP contribution is 2.40. The average molecular weight is 500 g/mol. The van der Waals surface area contributed by atoms with Gasteiger partial charge in [-0.3, -0.25) is 4.79 Å². The number of ether oxygens (including phenoxy) is 2. The Morgan fingerprint density at radius 1 is 1.03 bits per heavy atom. The Kier molecular flexibility index (Phi) is 7.47. The van der Waals surface area contributed by atoms with Crippen LogP contribution in [0, 0.1) is 6.92 Å². The number of carbonyl (C=O) groups excluding carboxylic acids is 3. The SMILES string of the molecule is CCOC(=O)c1cc(NC(=O)CSc2nc(C)nc3sc4c(c23)CCC4)cc(C(=O)OCC)c1. The number of anilines is 1. The van der Waals surface area contributed by atoms with E-state index in [-0.39, 0.29) is 36.0 Å². The molecule has 0 aliphatic heterocycles. The van der Waals surface area contributed by atoms with Gasteiger partial charge in [-0.15, -0.1) is 11.3 Å². The minimum atomic E-state index is -0.580. The number of hydrogen-bond donors (Lipinski definition) is 1. The number of thioether (sulfide) groups is 1. The summed E-state index contributed by atoms with van der Waals surface area (Å²) in [5.74, 6) is -0.643. The van der Waals surface area contributed by atoms with Crippen molar-refractivity contribution in [2.24, 2.45) is 0 Å². The van der Waals surface area contributed by atoms with Crippen LogP contribution in [-0.4, -0.2) is 46.8 Å². The molecule has 0 bridgehead atoms. The van der Waals surface area contributed by atoms with Crippen LogP contribution >= 0.6 is 23.1 Å². The molecule has 10 heteroatoms. The molecule has 2 heterocycles. The molecule has 2 aromatic heterocycles. The zero-order chi connectivity index (χ0) is 24.2. The van der Waals surface area contributed by atoms with Gasteiger partial charge in [0, 0.05) is 16.0 Å². The number of esters is 2. The summed E-state index contributed by atoms with van der Waals surface area (Å²) in [6.45, 7) is 5.63. The summed E-state index contributed by atoms with van der Waals surface area (Å²) in [6, 6.07) is 4.38. The maximum atomic E-state index is 12.8. The molecule has 0 atom stereocenters. The number of aryl methyl sites for hydroxylation is 3. The molecule has 1 aliphatic rings. The summed E-state index contributed by atoms with van der Waals surface area (Å²) in [6.07, 6.45) is 3.22. The van der Waals surface area contributed by atoms with Crippen molar-refractivity contribution in [3.63, 3.8) is 0 Å². The van der Waals surface area contributed by atoms with Crippen molar-refractivity contribution in [3.8, 4) is 0 Å². The quantitative estimate of drug-likeness (QED) is 0.273. The van der Waals surface area contributed by atoms with Crippen LogP contribution in [0.25, 0.3) is 10.2 Å². The van der Waals surface area contributed by atoms with Gasteiger partial charge in [0.05, 0.1) is 30.1 Å². The molecule has 34 heavy (non-hydrogen) atoms. The summed E-state index contributed by atoms with van der Waals surface area (Å²) >= 11 is 3.08. The highest BCUT2D eigenvalue weighted by molar-refractivity contribution is 8.00. The Bertz CT molecular complexity index is 1230. The number of hydrogen-bond acceptors (Lipinski definition) is 9. The fourth-order valence-corrected chi connectivity index (χ4v) is 6.14. The fraction of sp³-hybridized carbons (Fsp3) is 0.375. The molecule has 0 saturated heterocycles. The molecule has 1 aliphatic carbocycles. The Morgan fingerprint density at radius 2 is 1.71 bits per heavy atom. The molecule has 1 amide bonds. The van der Waals surface area contributed by atoms with Crippen LogP contribution in [0.4, 0.5) is 5.69 Å². The molecule has 3 aromatic rings. The minimum absolute atomic E-state index is 0.120. The van der Waals surface area contributed by atoms with Gasteiger partial charge < -0.3 is 14.8 Å². The van der Waals surface area contributed by atoms with E-state index in [9.17, 15) is 14.4 Å². The topological polar surface area (TPSA) is 107 Å². The maximum Gasteiger partial charge on any atom is 0.338 e. The Balaban J connectivity index is 1.53. The third kappa shape index (κ3) is 5.23. The molecule has 1 aromatic carbocycles. The van der Waals surface area contributed by atoms with E-state index >= 15 is 0 Å². The summed E-state index contributed by atoms with van der Waals surface area (Å²) in [4.78, 5) is 48.8. The predicted molar refractivity (Wildman–Crippen MR) is 132 cm³/mol. The van der Waals surface area contributed by atoms with E-state index in [1.165, 1.54) is 40.4 Å². The van der Waals surface area contributed by atoms with Crippen molar-refractivity contribution >= 4 is 56.8 Å². The molecular weight excluding hydrogens is 474 g/mol. The zero-order valence-corrected chi connectivity index (χ0v) is 20.9. The van der Waals surface area contributed by atoms with Crippen LogP contribution in [0.3, 0.4) is 0 Å². The second-order valence-corrected chi connectivity index (χ2v) is 9.74. The molecule has 8 nitrogen and oxygen atoms in total. The fourth-order valence-electron chi connectivity index (χ4n) is 3.86. The standard InChI is InChI=1S/C24H25N3O5S2/c1-4-31-23(29)14-9-15(24(30)32-5-2)11-16(10-14)27-19(28)12-33-21-20-17-7-6-8-18(17)34-22(20)26-13(3)25-21/h9-11H,4-8,12H2,1-3H3,(H,27,28). The van der Waals surface area contributed by atoms with Crippen LogP contribution in [-0.2, 0) is 27.1 Å². The lowest BCUT2D eigenvalue weighted by molar-refractivity contribution is -0.113. The number of amides is 1. The van der Waals surface area contributed by atoms with Crippen molar-refractivity contribution in [1.29, 1.82) is 0 Å². The van der Waals surface area contributed by atoms with Crippen LogP contribution in [0.15, 0.2) is 23.2 Å². The minimum Gasteiger partial charge on any atom is -0.462 e. The first-order valence-electron chi connectivity index (χ1n) is 11.1. The lowest BCUT2D eigenvalue weighted by Crippen LogP contribution is -2.16. The molecule has 0 unspecified atom stereocenters. The van der Waals surface area contributed by atoms with Gasteiger partial charge in [-0.2, -0.15) is 0 Å². The number of carbonyl (C=O) groups is 3. The summed E-state index contributed by atoms with van der Waals surface area (Å²) in [5.41, 5.74) is 1.96. The first kappa shape index (κ1) is 24.2. The van der Waals surface area contributed by atoms with Crippen LogP contribution in [0.5, 0.6) is 0 Å². The van der Waals surface area contributed by atoms with Gasteiger partial charge in [-0.25, -0.2) is 19.6 Å². The molecule has 0 radical (unpaired) electrons. The number of aromatic nitrogens is 2. The third-order valence-corrected chi connectivity index (χ3v) is 7.38. The van der Waals surface area contributed by atoms with E-state index < -0.39 is 11.9 Å². The summed E-state index contributed by atoms with van der Waals surface area (Å²) < 4.78 is 10.1. The van der Waals surface area contributed by atoms with Gasteiger partial charge in [0.25, 0.3) is 0 Å². The van der Waals surface area contributed by atoms with Crippen molar-refractivity contribution in [3.05, 3.63) is 45.6 Å². The van der Waals surface area contributed by atoms with Crippen molar-refractivity contribution in [2.45, 2.75) is 45.1 Å². The van der Waals surface area contributed by atoms with E-state index in [2.05, 4.69) is 15.3 Å². The Labute approximate surface area is 205 Å². The second-order valence-electron chi connectivity index (χ2n) is 7.69. The zero-order valence-electron chi connectivity index (χ0n) is 19.2. The Morgan fingerprint density at radius 3 is 2.35 bits per heavy atom. The van der Waals surface area contributed by atoms with Crippen molar-refractivity contribution in [2.75, 3.05) is 24.3 Å². The van der Waals surface area contributed by atoms with E-state index in [1.54, 1.807) is 25.2 Å². The highest BCUT2D eigenvalue weighted by atomic mass is 32.2. The van der Waals surface area contributed by atoms with E-state index in [0.717, 1.165) is 34.5 Å². The van der Waals surface area contributed by atoms with Crippen molar-refractivity contribution < 1.29 is 23.9 Å². The molecule has 178 valence electrons. The van der Waals surface area contributed by atoms with Gasteiger partial charge in [0.2, 0.25) is 5.91 Å². The lowest BCUT2D eigenvalue weighted by atomic mass is 10.1. The first-order chi connectivity index (χ1) is 16.4. The summed E-state index contributed by atoms with van der Waals surface area (Å²) in [5, 5.41) is 4.65. The van der Waals surface area contributed by atoms with Gasteiger partial charge in [-0.1, -0.05) is 11.8 Å². The highest BCUT2D eigenvalue weighted by Gasteiger charge is 2.23. The van der Waals surface area contributed by atoms with Crippen LogP contribution in [0.2, 0.25) is 0 Å². The number of nitrogens with zero attached hydrogens (tertiary/aromatic N) is 2.